The third kappa shape index (κ3) is 2.56. The fourth-order valence-corrected chi connectivity index (χ4v) is 2.51. The molecular weight excluding hydrogens is 270 g/mol. The van der Waals surface area contributed by atoms with Crippen LogP contribution in [0, 0.1) is 0 Å². The predicted molar refractivity (Wildman–Crippen MR) is 78.1 cm³/mol. The van der Waals surface area contributed by atoms with Crippen molar-refractivity contribution in [1.82, 2.24) is 15.6 Å². The number of H-pyrrole nitrogens is 1. The van der Waals surface area contributed by atoms with Crippen molar-refractivity contribution in [2.24, 2.45) is 0 Å². The molecule has 1 aromatic heterocycles. The second-order valence-electron chi connectivity index (χ2n) is 5.24. The van der Waals surface area contributed by atoms with Crippen LogP contribution in [-0.4, -0.2) is 36.0 Å². The Morgan fingerprint density at radius 1 is 1.14 bits per heavy atom. The van der Waals surface area contributed by atoms with Crippen molar-refractivity contribution < 1.29 is 14.3 Å². The van der Waals surface area contributed by atoms with Crippen molar-refractivity contribution in [2.75, 3.05) is 7.11 Å². The second-order valence-corrected chi connectivity index (χ2v) is 5.24. The lowest BCUT2D eigenvalue weighted by atomic mass is 10.1. The van der Waals surface area contributed by atoms with Gasteiger partial charge in [0.1, 0.15) is 17.8 Å². The maximum absolute atomic E-state index is 11.9. The SMILES string of the molecule is COc1ccc2cc(CC3NC(=O)C(C)NC3=O)[nH]c2c1. The van der Waals surface area contributed by atoms with Crippen molar-refractivity contribution in [2.45, 2.75) is 25.4 Å². The Hall–Kier alpha value is -2.50. The zero-order chi connectivity index (χ0) is 15.0. The summed E-state index contributed by atoms with van der Waals surface area (Å²) in [5.74, 6) is 0.462. The molecule has 110 valence electrons. The van der Waals surface area contributed by atoms with Crippen LogP contribution in [0.3, 0.4) is 0 Å². The van der Waals surface area contributed by atoms with Crippen molar-refractivity contribution in [3.8, 4) is 5.75 Å². The molecule has 1 saturated heterocycles. The number of carbonyl (C=O) groups excluding carboxylic acids is 2. The van der Waals surface area contributed by atoms with E-state index >= 15 is 0 Å². The minimum atomic E-state index is -0.538. The van der Waals surface area contributed by atoms with Crippen molar-refractivity contribution in [1.29, 1.82) is 0 Å². The summed E-state index contributed by atoms with van der Waals surface area (Å²) in [4.78, 5) is 26.8. The van der Waals surface area contributed by atoms with Gasteiger partial charge in [0.05, 0.1) is 7.11 Å². The maximum Gasteiger partial charge on any atom is 0.243 e. The molecule has 1 aromatic carbocycles. The molecule has 1 aliphatic heterocycles. The third-order valence-corrected chi connectivity index (χ3v) is 3.69. The molecule has 1 aliphatic rings. The molecule has 2 unspecified atom stereocenters. The molecule has 0 bridgehead atoms. The van der Waals surface area contributed by atoms with E-state index in [4.69, 9.17) is 4.74 Å². The van der Waals surface area contributed by atoms with E-state index in [0.29, 0.717) is 6.42 Å². The van der Waals surface area contributed by atoms with Gasteiger partial charge in [0.2, 0.25) is 11.8 Å². The number of amides is 2. The fourth-order valence-electron chi connectivity index (χ4n) is 2.51. The smallest absolute Gasteiger partial charge is 0.243 e. The van der Waals surface area contributed by atoms with E-state index < -0.39 is 12.1 Å². The molecule has 0 spiro atoms. The summed E-state index contributed by atoms with van der Waals surface area (Å²) in [5, 5.41) is 6.45. The van der Waals surface area contributed by atoms with Crippen molar-refractivity contribution in [3.05, 3.63) is 30.0 Å². The predicted octanol–water partition coefficient (Wildman–Crippen LogP) is 0.722. The number of aromatic amines is 1. The number of rotatable bonds is 3. The van der Waals surface area contributed by atoms with Crippen LogP contribution in [0.4, 0.5) is 0 Å². The van der Waals surface area contributed by atoms with Crippen LogP contribution in [0.1, 0.15) is 12.6 Å². The lowest BCUT2D eigenvalue weighted by Crippen LogP contribution is -2.61. The largest absolute Gasteiger partial charge is 0.497 e. The Morgan fingerprint density at radius 3 is 2.71 bits per heavy atom. The highest BCUT2D eigenvalue weighted by Gasteiger charge is 2.31. The quantitative estimate of drug-likeness (QED) is 0.778. The Labute approximate surface area is 121 Å². The van der Waals surface area contributed by atoms with E-state index in [9.17, 15) is 9.59 Å². The zero-order valence-corrected chi connectivity index (χ0v) is 11.9. The monoisotopic (exact) mass is 287 g/mol. The van der Waals surface area contributed by atoms with E-state index in [1.807, 2.05) is 24.3 Å². The summed E-state index contributed by atoms with van der Waals surface area (Å²) < 4.78 is 5.18. The number of methoxy groups -OCH3 is 1. The van der Waals surface area contributed by atoms with Crippen LogP contribution >= 0.6 is 0 Å². The molecule has 2 aromatic rings. The average Bonchev–Trinajstić information content (AvgIpc) is 2.85. The van der Waals surface area contributed by atoms with Gasteiger partial charge in [-0.15, -0.1) is 0 Å². The number of nitrogens with one attached hydrogen (secondary N) is 3. The number of ether oxygens (including phenoxy) is 1. The van der Waals surface area contributed by atoms with Crippen LogP contribution in [0.2, 0.25) is 0 Å². The molecule has 2 heterocycles. The Kier molecular flexibility index (Phi) is 3.29. The number of hydrogen-bond acceptors (Lipinski definition) is 3. The number of aromatic nitrogens is 1. The number of piperazine rings is 1. The Balaban J connectivity index is 1.81. The van der Waals surface area contributed by atoms with Gasteiger partial charge in [-0.3, -0.25) is 9.59 Å². The standard InChI is InChI=1S/C15H17N3O3/c1-8-14(19)18-13(15(20)16-8)6-10-5-9-3-4-11(21-2)7-12(9)17-10/h3-5,7-8,13,17H,6H2,1-2H3,(H,16,20)(H,18,19). The molecular formula is C15H17N3O3. The summed E-state index contributed by atoms with van der Waals surface area (Å²) in [6.45, 7) is 1.67. The van der Waals surface area contributed by atoms with Gasteiger partial charge in [0.25, 0.3) is 0 Å². The van der Waals surface area contributed by atoms with Gasteiger partial charge in [-0.25, -0.2) is 0 Å². The first-order chi connectivity index (χ1) is 10.1. The molecule has 1 fully saturated rings. The molecule has 0 saturated carbocycles. The minimum Gasteiger partial charge on any atom is -0.497 e. The minimum absolute atomic E-state index is 0.154. The summed E-state index contributed by atoms with van der Waals surface area (Å²) in [6, 6.07) is 6.71. The first-order valence-corrected chi connectivity index (χ1v) is 6.83. The van der Waals surface area contributed by atoms with Gasteiger partial charge in [0.15, 0.2) is 0 Å². The number of fused-ring (bicyclic) bond motifs is 1. The summed E-state index contributed by atoms with van der Waals surface area (Å²) in [7, 11) is 1.62. The van der Waals surface area contributed by atoms with Gasteiger partial charge >= 0.3 is 0 Å². The van der Waals surface area contributed by atoms with Gasteiger partial charge < -0.3 is 20.4 Å². The molecule has 6 nitrogen and oxygen atoms in total. The first kappa shape index (κ1) is 13.5. The van der Waals surface area contributed by atoms with Gasteiger partial charge in [-0.2, -0.15) is 0 Å². The molecule has 0 aliphatic carbocycles. The topological polar surface area (TPSA) is 83.2 Å². The van der Waals surface area contributed by atoms with Crippen LogP contribution in [0.25, 0.3) is 10.9 Å². The van der Waals surface area contributed by atoms with Crippen LogP contribution in [0.15, 0.2) is 24.3 Å². The van der Waals surface area contributed by atoms with Crippen LogP contribution in [0.5, 0.6) is 5.75 Å². The maximum atomic E-state index is 11.9. The zero-order valence-electron chi connectivity index (χ0n) is 11.9. The van der Waals surface area contributed by atoms with E-state index in [2.05, 4.69) is 15.6 Å². The van der Waals surface area contributed by atoms with Crippen molar-refractivity contribution in [3.63, 3.8) is 0 Å². The van der Waals surface area contributed by atoms with Gasteiger partial charge in [-0.1, -0.05) is 0 Å². The molecule has 6 heteroatoms. The molecule has 2 amide bonds. The van der Waals surface area contributed by atoms with Gasteiger partial charge in [0, 0.05) is 23.7 Å². The number of carbonyl (C=O) groups is 2. The van der Waals surface area contributed by atoms with Crippen LogP contribution in [-0.2, 0) is 16.0 Å². The van der Waals surface area contributed by atoms with E-state index in [1.54, 1.807) is 14.0 Å². The van der Waals surface area contributed by atoms with E-state index in [-0.39, 0.29) is 11.8 Å². The summed E-state index contributed by atoms with van der Waals surface area (Å²) in [5.41, 5.74) is 1.84. The lowest BCUT2D eigenvalue weighted by molar-refractivity contribution is -0.136. The normalized spacial score (nSPS) is 22.0. The van der Waals surface area contributed by atoms with E-state index in [0.717, 1.165) is 22.3 Å². The molecule has 3 N–H and O–H groups in total. The Bertz CT molecular complexity index is 707. The average molecular weight is 287 g/mol. The molecule has 3 rings (SSSR count). The Morgan fingerprint density at radius 2 is 1.95 bits per heavy atom. The number of hydrogen-bond donors (Lipinski definition) is 3. The highest BCUT2D eigenvalue weighted by Crippen LogP contribution is 2.22. The molecule has 21 heavy (non-hydrogen) atoms. The van der Waals surface area contributed by atoms with Crippen LogP contribution < -0.4 is 15.4 Å². The summed E-state index contributed by atoms with van der Waals surface area (Å²) >= 11 is 0. The number of benzene rings is 1. The highest BCUT2D eigenvalue weighted by molar-refractivity contribution is 5.96. The fraction of sp³-hybridized carbons (Fsp3) is 0.333. The lowest BCUT2D eigenvalue weighted by Gasteiger charge is -2.27. The van der Waals surface area contributed by atoms with Gasteiger partial charge in [-0.05, 0) is 30.5 Å². The van der Waals surface area contributed by atoms with E-state index in [1.165, 1.54) is 0 Å². The first-order valence-electron chi connectivity index (χ1n) is 6.83. The molecule has 0 radical (unpaired) electrons. The molecule has 2 atom stereocenters. The second kappa shape index (κ2) is 5.12. The third-order valence-electron chi connectivity index (χ3n) is 3.69. The van der Waals surface area contributed by atoms with Crippen molar-refractivity contribution >= 4 is 22.7 Å². The summed E-state index contributed by atoms with van der Waals surface area (Å²) in [6.07, 6.45) is 0.432. The highest BCUT2D eigenvalue weighted by atomic mass is 16.5.